The molecule has 0 unspecified atom stereocenters. The lowest BCUT2D eigenvalue weighted by molar-refractivity contribution is -0.644. The number of nitrogens with two attached hydrogens (primary N) is 2. The van der Waals surface area contributed by atoms with Crippen LogP contribution in [0.3, 0.4) is 0 Å². The predicted molar refractivity (Wildman–Crippen MR) is 192 cm³/mol. The number of anilines is 2. The number of esters is 1. The Bertz CT molecular complexity index is 2410. The number of aryl methyl sites for hydroxylation is 1. The van der Waals surface area contributed by atoms with Crippen molar-refractivity contribution >= 4 is 62.0 Å². The van der Waals surface area contributed by atoms with Crippen LogP contribution in [0.4, 0.5) is 34.6 Å². The number of pyridine rings is 3. The number of nitrogen functional groups attached to an aromatic ring is 2. The first-order chi connectivity index (χ1) is 25.3. The Kier molecular flexibility index (Phi) is 15.2. The average Bonchev–Trinajstić information content (AvgIpc) is 3.11. The molecule has 7 aromatic rings. The van der Waals surface area contributed by atoms with E-state index in [4.69, 9.17) is 16.2 Å². The molecule has 0 aliphatic rings. The Labute approximate surface area is 322 Å². The molecule has 3 heterocycles. The van der Waals surface area contributed by atoms with Gasteiger partial charge >= 0.3 is 5.97 Å². The molecule has 3 aromatic heterocycles. The van der Waals surface area contributed by atoms with Gasteiger partial charge in [-0.25, -0.2) is 22.4 Å². The number of nitro benzene ring substituents is 1. The van der Waals surface area contributed by atoms with Crippen molar-refractivity contribution in [2.45, 2.75) is 6.92 Å². The smallest absolute Gasteiger partial charge is 0.339 e. The van der Waals surface area contributed by atoms with Crippen LogP contribution >= 0.6 is 0 Å². The largest absolute Gasteiger partial charge is 1.00 e. The SMILES string of the molecule is CCOC(=O)c1cnc2ccc(F)cc2c1.C[n+]1cc(N)cc2cc(F)ccc21.Nc1cnc2ccc(F)cc2c1.O=Cc1cc(F)ccc1[N+](=O)[O-].[I-]. The summed E-state index contributed by atoms with van der Waals surface area (Å²) in [6.07, 6.45) is 5.04. The van der Waals surface area contributed by atoms with Crippen molar-refractivity contribution in [2.24, 2.45) is 7.05 Å². The summed E-state index contributed by atoms with van der Waals surface area (Å²) < 4.78 is 57.7. The third-order valence-corrected chi connectivity index (χ3v) is 7.17. The molecule has 0 aliphatic carbocycles. The van der Waals surface area contributed by atoms with E-state index in [1.807, 2.05) is 11.6 Å². The molecule has 0 fully saturated rings. The summed E-state index contributed by atoms with van der Waals surface area (Å²) in [5.74, 6) is -1.97. The molecule has 0 bridgehead atoms. The van der Waals surface area contributed by atoms with Crippen LogP contribution < -0.4 is 40.0 Å². The molecule has 54 heavy (non-hydrogen) atoms. The van der Waals surface area contributed by atoms with Crippen molar-refractivity contribution in [3.63, 3.8) is 0 Å². The van der Waals surface area contributed by atoms with Gasteiger partial charge in [0.1, 0.15) is 30.3 Å². The van der Waals surface area contributed by atoms with Crippen molar-refractivity contribution in [3.8, 4) is 0 Å². The van der Waals surface area contributed by atoms with E-state index in [9.17, 15) is 37.3 Å². The number of carbonyl (C=O) groups excluding carboxylic acids is 2. The zero-order valence-corrected chi connectivity index (χ0v) is 30.7. The van der Waals surface area contributed by atoms with Crippen molar-refractivity contribution in [3.05, 3.63) is 154 Å². The van der Waals surface area contributed by atoms with Crippen LogP contribution in [0.5, 0.6) is 0 Å². The van der Waals surface area contributed by atoms with Crippen LogP contribution in [-0.4, -0.2) is 33.8 Å². The second-order valence-corrected chi connectivity index (χ2v) is 11.1. The molecule has 4 aromatic carbocycles. The highest BCUT2D eigenvalue weighted by atomic mass is 127. The third-order valence-electron chi connectivity index (χ3n) is 7.17. The van der Waals surface area contributed by atoms with Crippen molar-refractivity contribution in [1.82, 2.24) is 9.97 Å². The van der Waals surface area contributed by atoms with Crippen LogP contribution in [0.15, 0.2) is 110 Å². The Hall–Kier alpha value is -6.30. The van der Waals surface area contributed by atoms with Gasteiger partial charge in [-0.1, -0.05) is 0 Å². The van der Waals surface area contributed by atoms with Crippen molar-refractivity contribution < 1.29 is 65.4 Å². The molecule has 0 aliphatic heterocycles. The van der Waals surface area contributed by atoms with E-state index in [0.717, 1.165) is 40.0 Å². The Balaban J connectivity index is 0.000000194. The standard InChI is InChI=1S/C12H10FNO2.C10H10FN2.C9H7FN2.C7H4FNO3.HI/c1-2-16-12(15)9-5-8-6-10(13)3-4-11(8)14-7-9;1-13-6-9(12)5-7-4-8(11)2-3-10(7)13;10-7-1-2-9-6(3-7)4-8(11)5-12-9;8-6-1-2-7(9(11)12)5(3-6)4-10;/h3-7H,2H2,1H3;2-6H,12H2,1H3;1-5H,11H2;1-4H;1H/q;+1;;;/p-1. The summed E-state index contributed by atoms with van der Waals surface area (Å²) in [6.45, 7) is 2.03. The number of halogens is 5. The van der Waals surface area contributed by atoms with Crippen LogP contribution in [0, 0.1) is 33.4 Å². The molecule has 0 spiro atoms. The number of carbonyl (C=O) groups is 2. The first-order valence-electron chi connectivity index (χ1n) is 15.5. The number of hydrogen-bond donors (Lipinski definition) is 2. The zero-order valence-electron chi connectivity index (χ0n) is 28.6. The fraction of sp³-hybridized carbons (Fsp3) is 0.0789. The molecule has 0 atom stereocenters. The number of benzene rings is 4. The first-order valence-corrected chi connectivity index (χ1v) is 15.5. The molecule has 0 radical (unpaired) electrons. The van der Waals surface area contributed by atoms with E-state index in [2.05, 4.69) is 9.97 Å². The Morgan fingerprint density at radius 2 is 1.30 bits per heavy atom. The number of fused-ring (bicyclic) bond motifs is 3. The van der Waals surface area contributed by atoms with Crippen LogP contribution in [0.1, 0.15) is 27.6 Å². The minimum absolute atomic E-state index is 0. The maximum Gasteiger partial charge on any atom is 0.339 e. The monoisotopic (exact) mass is 854 g/mol. The lowest BCUT2D eigenvalue weighted by atomic mass is 10.1. The Morgan fingerprint density at radius 1 is 0.778 bits per heavy atom. The van der Waals surface area contributed by atoms with Crippen LogP contribution in [0.2, 0.25) is 0 Å². The maximum atomic E-state index is 13.0. The van der Waals surface area contributed by atoms with Crippen molar-refractivity contribution in [1.29, 1.82) is 0 Å². The quantitative estimate of drug-likeness (QED) is 0.0495. The van der Waals surface area contributed by atoms with Crippen molar-refractivity contribution in [2.75, 3.05) is 18.1 Å². The summed E-state index contributed by atoms with van der Waals surface area (Å²) in [5.41, 5.74) is 14.4. The number of hydrogen-bond acceptors (Lipinski definition) is 9. The van der Waals surface area contributed by atoms with Gasteiger partial charge in [-0.3, -0.25) is 24.9 Å². The summed E-state index contributed by atoms with van der Waals surface area (Å²) in [5, 5.41) is 12.4. The first kappa shape index (κ1) is 42.1. The summed E-state index contributed by atoms with van der Waals surface area (Å²) in [6, 6.07) is 21.1. The van der Waals surface area contributed by atoms with E-state index in [1.54, 1.807) is 55.7 Å². The van der Waals surface area contributed by atoms with Gasteiger partial charge in [0.2, 0.25) is 5.52 Å². The van der Waals surface area contributed by atoms with E-state index in [-0.39, 0.29) is 59.0 Å². The number of nitrogens with zero attached hydrogens (tertiary/aromatic N) is 4. The highest BCUT2D eigenvalue weighted by Gasteiger charge is 2.13. The van der Waals surface area contributed by atoms with Gasteiger partial charge in [0, 0.05) is 29.1 Å². The number of nitro groups is 1. The topological polar surface area (TPSA) is 168 Å². The molecule has 4 N–H and O–H groups in total. The lowest BCUT2D eigenvalue weighted by Gasteiger charge is -2.02. The van der Waals surface area contributed by atoms with Gasteiger partial charge in [0.15, 0.2) is 12.5 Å². The molecule has 0 saturated heterocycles. The molecule has 16 heteroatoms. The van der Waals surface area contributed by atoms with Gasteiger partial charge in [0.25, 0.3) is 5.69 Å². The van der Waals surface area contributed by atoms with E-state index < -0.39 is 16.7 Å². The predicted octanol–water partition coefficient (Wildman–Crippen LogP) is 4.44. The summed E-state index contributed by atoms with van der Waals surface area (Å²) >= 11 is 0. The van der Waals surface area contributed by atoms with Gasteiger partial charge < -0.3 is 40.2 Å². The third kappa shape index (κ3) is 11.6. The van der Waals surface area contributed by atoms with Gasteiger partial charge in [0.05, 0.1) is 56.6 Å². The van der Waals surface area contributed by atoms with E-state index in [0.29, 0.717) is 34.4 Å². The normalized spacial score (nSPS) is 10.0. The molecular weight excluding hydrogens is 823 g/mol. The minimum atomic E-state index is -0.733. The second kappa shape index (κ2) is 19.5. The highest BCUT2D eigenvalue weighted by Crippen LogP contribution is 2.18. The fourth-order valence-electron chi connectivity index (χ4n) is 4.81. The van der Waals surface area contributed by atoms with E-state index in [1.165, 1.54) is 42.6 Å². The van der Waals surface area contributed by atoms with Gasteiger partial charge in [-0.2, -0.15) is 4.57 Å². The molecule has 11 nitrogen and oxygen atoms in total. The van der Waals surface area contributed by atoms with Gasteiger partial charge in [-0.05, 0) is 85.8 Å². The number of aromatic nitrogens is 3. The average molecular weight is 855 g/mol. The summed E-state index contributed by atoms with van der Waals surface area (Å²) in [7, 11) is 1.89. The molecule has 7 rings (SSSR count). The summed E-state index contributed by atoms with van der Waals surface area (Å²) in [4.78, 5) is 39.2. The Morgan fingerprint density at radius 3 is 1.89 bits per heavy atom. The highest BCUT2D eigenvalue weighted by molar-refractivity contribution is 5.93. The molecule has 278 valence electrons. The molecule has 0 saturated carbocycles. The van der Waals surface area contributed by atoms with Gasteiger partial charge in [-0.15, -0.1) is 0 Å². The van der Waals surface area contributed by atoms with E-state index >= 15 is 0 Å². The van der Waals surface area contributed by atoms with Crippen LogP contribution in [0.25, 0.3) is 32.7 Å². The second-order valence-electron chi connectivity index (χ2n) is 11.1. The molecule has 0 amide bonds. The molecular formula is C38H31F4IN6O5. The fourth-order valence-corrected chi connectivity index (χ4v) is 4.81. The minimum Gasteiger partial charge on any atom is -1.00 e. The van der Waals surface area contributed by atoms with Crippen LogP contribution in [-0.2, 0) is 11.8 Å². The lowest BCUT2D eigenvalue weighted by Crippen LogP contribution is -3.00. The zero-order chi connectivity index (χ0) is 38.7. The number of aldehydes is 1. The maximum absolute atomic E-state index is 13.0. The number of ether oxygens (including phenoxy) is 1. The number of rotatable bonds is 4.